The summed E-state index contributed by atoms with van der Waals surface area (Å²) in [5.41, 5.74) is 0.975. The fourth-order valence-corrected chi connectivity index (χ4v) is 4.12. The van der Waals surface area contributed by atoms with Crippen LogP contribution in [0.15, 0.2) is 29.2 Å². The number of thiocarbonyl (C=S) groups is 1. The van der Waals surface area contributed by atoms with Crippen LogP contribution in [-0.4, -0.2) is 46.9 Å². The number of nitrogens with zero attached hydrogens (tertiary/aromatic N) is 2. The van der Waals surface area contributed by atoms with Gasteiger partial charge in [0.2, 0.25) is 0 Å². The van der Waals surface area contributed by atoms with Crippen molar-refractivity contribution in [1.29, 1.82) is 0 Å². The molecule has 2 heterocycles. The molecule has 0 spiro atoms. The third kappa shape index (κ3) is 3.99. The van der Waals surface area contributed by atoms with E-state index in [9.17, 15) is 4.79 Å². The number of carbonyl (C=O) groups excluding carboxylic acids is 1. The number of rotatable bonds is 4. The average molecular weight is 363 g/mol. The van der Waals surface area contributed by atoms with Crippen molar-refractivity contribution in [3.63, 3.8) is 0 Å². The Morgan fingerprint density at radius 1 is 1.29 bits per heavy atom. The fourth-order valence-electron chi connectivity index (χ4n) is 2.88. The third-order valence-corrected chi connectivity index (χ3v) is 5.88. The van der Waals surface area contributed by atoms with E-state index in [0.717, 1.165) is 30.3 Å². The van der Waals surface area contributed by atoms with E-state index in [1.807, 2.05) is 30.3 Å². The van der Waals surface area contributed by atoms with Gasteiger partial charge in [-0.05, 0) is 42.5 Å². The number of methoxy groups -OCH3 is 1. The molecule has 0 bridgehead atoms. The molecule has 1 aromatic carbocycles. The zero-order valence-electron chi connectivity index (χ0n) is 14.0. The maximum absolute atomic E-state index is 12.7. The van der Waals surface area contributed by atoms with E-state index in [0.29, 0.717) is 15.9 Å². The largest absolute Gasteiger partial charge is 0.497 e. The van der Waals surface area contributed by atoms with E-state index in [1.54, 1.807) is 12.0 Å². The van der Waals surface area contributed by atoms with E-state index in [1.165, 1.54) is 24.6 Å². The number of thioether (sulfide) groups is 1. The van der Waals surface area contributed by atoms with Crippen LogP contribution in [0, 0.1) is 5.92 Å². The molecule has 2 aliphatic heterocycles. The molecule has 3 rings (SSSR count). The lowest BCUT2D eigenvalue weighted by molar-refractivity contribution is -0.123. The van der Waals surface area contributed by atoms with Gasteiger partial charge < -0.3 is 4.74 Å². The number of carbonyl (C=O) groups is 1. The second kappa shape index (κ2) is 7.68. The number of ether oxygens (including phenoxy) is 1. The highest BCUT2D eigenvalue weighted by atomic mass is 32.2. The second-order valence-corrected chi connectivity index (χ2v) is 8.00. The van der Waals surface area contributed by atoms with Crippen LogP contribution >= 0.6 is 24.0 Å². The van der Waals surface area contributed by atoms with Crippen LogP contribution in [0.25, 0.3) is 6.08 Å². The average Bonchev–Trinajstić information content (AvgIpc) is 2.85. The lowest BCUT2D eigenvalue weighted by atomic mass is 10.00. The van der Waals surface area contributed by atoms with Gasteiger partial charge in [0.15, 0.2) is 0 Å². The molecule has 1 amide bonds. The van der Waals surface area contributed by atoms with Gasteiger partial charge in [0.05, 0.1) is 18.7 Å². The van der Waals surface area contributed by atoms with Crippen molar-refractivity contribution in [3.8, 4) is 5.75 Å². The minimum Gasteiger partial charge on any atom is -0.497 e. The molecule has 6 heteroatoms. The van der Waals surface area contributed by atoms with Crippen molar-refractivity contribution >= 4 is 40.3 Å². The quantitative estimate of drug-likeness (QED) is 0.604. The predicted molar refractivity (Wildman–Crippen MR) is 103 cm³/mol. The predicted octanol–water partition coefficient (Wildman–Crippen LogP) is 3.59. The maximum Gasteiger partial charge on any atom is 0.267 e. The molecule has 2 saturated heterocycles. The SMILES string of the molecule is COc1ccc(C=C2SC(=S)N(CN3CCC(C)CC3)C2=O)cc1. The molecular formula is C18H22N2O2S2. The number of piperidine rings is 1. The molecule has 4 nitrogen and oxygen atoms in total. The number of amides is 1. The summed E-state index contributed by atoms with van der Waals surface area (Å²) in [6.45, 7) is 4.97. The molecule has 0 aromatic heterocycles. The maximum atomic E-state index is 12.7. The summed E-state index contributed by atoms with van der Waals surface area (Å²) in [4.78, 5) is 17.4. The minimum absolute atomic E-state index is 0.0134. The highest BCUT2D eigenvalue weighted by Gasteiger charge is 2.33. The van der Waals surface area contributed by atoms with Gasteiger partial charge in [-0.3, -0.25) is 14.6 Å². The normalized spacial score (nSPS) is 21.8. The first-order valence-corrected chi connectivity index (χ1v) is 9.41. The van der Waals surface area contributed by atoms with Crippen LogP contribution in [-0.2, 0) is 4.79 Å². The topological polar surface area (TPSA) is 32.8 Å². The van der Waals surface area contributed by atoms with Crippen molar-refractivity contribution in [2.24, 2.45) is 5.92 Å². The Balaban J connectivity index is 1.67. The van der Waals surface area contributed by atoms with E-state index in [2.05, 4.69) is 11.8 Å². The van der Waals surface area contributed by atoms with Crippen molar-refractivity contribution in [2.45, 2.75) is 19.8 Å². The van der Waals surface area contributed by atoms with E-state index in [4.69, 9.17) is 17.0 Å². The lowest BCUT2D eigenvalue weighted by Crippen LogP contribution is -2.43. The smallest absolute Gasteiger partial charge is 0.267 e. The summed E-state index contributed by atoms with van der Waals surface area (Å²) in [7, 11) is 1.64. The Hall–Kier alpha value is -1.37. The van der Waals surface area contributed by atoms with Gasteiger partial charge >= 0.3 is 0 Å². The molecule has 0 aliphatic carbocycles. The van der Waals surface area contributed by atoms with Crippen LogP contribution in [0.2, 0.25) is 0 Å². The Bertz CT molecular complexity index is 649. The summed E-state index contributed by atoms with van der Waals surface area (Å²) in [5.74, 6) is 1.60. The van der Waals surface area contributed by atoms with Crippen molar-refractivity contribution in [2.75, 3.05) is 26.9 Å². The van der Waals surface area contributed by atoms with Gasteiger partial charge in [0, 0.05) is 13.1 Å². The highest BCUT2D eigenvalue weighted by Crippen LogP contribution is 2.33. The summed E-state index contributed by atoms with van der Waals surface area (Å²) in [6, 6.07) is 7.66. The number of hydrogen-bond donors (Lipinski definition) is 0. The van der Waals surface area contributed by atoms with Gasteiger partial charge in [0.1, 0.15) is 10.1 Å². The fraction of sp³-hybridized carbons (Fsp3) is 0.444. The Kier molecular flexibility index (Phi) is 5.58. The first-order chi connectivity index (χ1) is 11.6. The zero-order chi connectivity index (χ0) is 17.1. The standard InChI is InChI=1S/C18H22N2O2S2/c1-13-7-9-19(10-8-13)12-20-17(21)16(24-18(20)23)11-14-3-5-15(22-2)6-4-14/h3-6,11,13H,7-10,12H2,1-2H3. The molecule has 128 valence electrons. The molecule has 0 saturated carbocycles. The van der Waals surface area contributed by atoms with Crippen LogP contribution in [0.1, 0.15) is 25.3 Å². The molecule has 0 atom stereocenters. The monoisotopic (exact) mass is 362 g/mol. The summed E-state index contributed by atoms with van der Waals surface area (Å²) in [6.07, 6.45) is 4.28. The summed E-state index contributed by atoms with van der Waals surface area (Å²) < 4.78 is 5.81. The first-order valence-electron chi connectivity index (χ1n) is 8.18. The molecule has 2 aliphatic rings. The number of hydrogen-bond acceptors (Lipinski definition) is 5. The number of benzene rings is 1. The van der Waals surface area contributed by atoms with E-state index < -0.39 is 0 Å². The molecule has 0 radical (unpaired) electrons. The lowest BCUT2D eigenvalue weighted by Gasteiger charge is -2.32. The first kappa shape index (κ1) is 17.5. The summed E-state index contributed by atoms with van der Waals surface area (Å²) in [5, 5.41) is 0. The van der Waals surface area contributed by atoms with Gasteiger partial charge in [-0.1, -0.05) is 43.0 Å². The number of likely N-dealkylation sites (tertiary alicyclic amines) is 1. The van der Waals surface area contributed by atoms with Crippen molar-refractivity contribution < 1.29 is 9.53 Å². The Labute approximate surface area is 152 Å². The van der Waals surface area contributed by atoms with Gasteiger partial charge in [-0.25, -0.2) is 0 Å². The Morgan fingerprint density at radius 3 is 2.58 bits per heavy atom. The van der Waals surface area contributed by atoms with Crippen LogP contribution in [0.3, 0.4) is 0 Å². The molecule has 2 fully saturated rings. The van der Waals surface area contributed by atoms with Gasteiger partial charge in [-0.2, -0.15) is 0 Å². The molecule has 0 unspecified atom stereocenters. The van der Waals surface area contributed by atoms with Crippen molar-refractivity contribution in [3.05, 3.63) is 34.7 Å². The molecule has 1 aromatic rings. The highest BCUT2D eigenvalue weighted by molar-refractivity contribution is 8.26. The molecule has 0 N–H and O–H groups in total. The van der Waals surface area contributed by atoms with E-state index >= 15 is 0 Å². The Morgan fingerprint density at radius 2 is 1.96 bits per heavy atom. The zero-order valence-corrected chi connectivity index (χ0v) is 15.7. The van der Waals surface area contributed by atoms with Gasteiger partial charge in [-0.15, -0.1) is 0 Å². The molecular weight excluding hydrogens is 340 g/mol. The third-order valence-electron chi connectivity index (χ3n) is 4.50. The summed E-state index contributed by atoms with van der Waals surface area (Å²) >= 11 is 6.81. The van der Waals surface area contributed by atoms with Crippen molar-refractivity contribution in [1.82, 2.24) is 9.80 Å². The van der Waals surface area contributed by atoms with Crippen LogP contribution in [0.5, 0.6) is 5.75 Å². The van der Waals surface area contributed by atoms with Crippen LogP contribution < -0.4 is 4.74 Å². The minimum atomic E-state index is 0.0134. The van der Waals surface area contributed by atoms with Gasteiger partial charge in [0.25, 0.3) is 5.91 Å². The molecule has 24 heavy (non-hydrogen) atoms. The second-order valence-electron chi connectivity index (χ2n) is 6.32. The van der Waals surface area contributed by atoms with E-state index in [-0.39, 0.29) is 5.91 Å². The van der Waals surface area contributed by atoms with Crippen LogP contribution in [0.4, 0.5) is 0 Å².